The van der Waals surface area contributed by atoms with Gasteiger partial charge in [0.15, 0.2) is 0 Å². The van der Waals surface area contributed by atoms with Gasteiger partial charge in [0, 0.05) is 38.4 Å². The van der Waals surface area contributed by atoms with Crippen molar-refractivity contribution in [2.24, 2.45) is 12.2 Å². The molecule has 0 amide bonds. The van der Waals surface area contributed by atoms with E-state index in [1.807, 2.05) is 30.8 Å². The van der Waals surface area contributed by atoms with Crippen LogP contribution in [0.5, 0.6) is 0 Å². The summed E-state index contributed by atoms with van der Waals surface area (Å²) >= 11 is 0. The van der Waals surface area contributed by atoms with Crippen LogP contribution in [-0.2, 0) is 23.5 Å². The fourth-order valence-corrected chi connectivity index (χ4v) is 2.69. The van der Waals surface area contributed by atoms with Crippen molar-refractivity contribution in [1.82, 2.24) is 14.9 Å². The lowest BCUT2D eigenvalue weighted by Crippen LogP contribution is -2.22. The summed E-state index contributed by atoms with van der Waals surface area (Å²) in [4.78, 5) is 4.40. The predicted octanol–water partition coefficient (Wildman–Crippen LogP) is 0.961. The van der Waals surface area contributed by atoms with Crippen molar-refractivity contribution in [3.63, 3.8) is 0 Å². The molecule has 7 heteroatoms. The number of aryl methyl sites for hydroxylation is 1. The van der Waals surface area contributed by atoms with E-state index in [0.717, 1.165) is 24.4 Å². The second-order valence-corrected chi connectivity index (χ2v) is 6.56. The number of sulfonamides is 1. The van der Waals surface area contributed by atoms with E-state index in [1.165, 1.54) is 6.07 Å². The van der Waals surface area contributed by atoms with E-state index in [0.29, 0.717) is 0 Å². The van der Waals surface area contributed by atoms with Gasteiger partial charge in [-0.05, 0) is 24.6 Å². The normalized spacial score (nSPS) is 13.3. The molecule has 0 aliphatic heterocycles. The third kappa shape index (κ3) is 4.13. The number of rotatable bonds is 6. The van der Waals surface area contributed by atoms with Gasteiger partial charge in [-0.15, -0.1) is 0 Å². The standard InChI is InChI=1S/C14H20N4O2S/c1-11(16-7-6-14-17-8-9-18(14)2)12-4-3-5-13(10-12)21(15,19)20/h3-5,8-11,16H,6-7H2,1-2H3,(H2,15,19,20). The Bertz CT molecular complexity index is 709. The van der Waals surface area contributed by atoms with Crippen molar-refractivity contribution in [2.75, 3.05) is 6.54 Å². The third-order valence-corrected chi connectivity index (χ3v) is 4.32. The van der Waals surface area contributed by atoms with Gasteiger partial charge < -0.3 is 9.88 Å². The molecule has 2 aromatic rings. The Kier molecular flexibility index (Phi) is 4.76. The molecule has 1 heterocycles. The van der Waals surface area contributed by atoms with Crippen LogP contribution in [0.15, 0.2) is 41.6 Å². The Balaban J connectivity index is 1.97. The summed E-state index contributed by atoms with van der Waals surface area (Å²) in [6.45, 7) is 2.74. The van der Waals surface area contributed by atoms with E-state index in [9.17, 15) is 8.42 Å². The van der Waals surface area contributed by atoms with Crippen molar-refractivity contribution in [3.8, 4) is 0 Å². The molecule has 1 atom stereocenters. The van der Waals surface area contributed by atoms with Gasteiger partial charge in [0.2, 0.25) is 10.0 Å². The maximum Gasteiger partial charge on any atom is 0.238 e. The first-order valence-corrected chi connectivity index (χ1v) is 8.25. The molecule has 1 unspecified atom stereocenters. The van der Waals surface area contributed by atoms with Crippen LogP contribution in [0.25, 0.3) is 0 Å². The van der Waals surface area contributed by atoms with Gasteiger partial charge in [0.05, 0.1) is 4.90 Å². The number of imidazole rings is 1. The molecular weight excluding hydrogens is 288 g/mol. The van der Waals surface area contributed by atoms with Crippen LogP contribution in [-0.4, -0.2) is 24.5 Å². The molecule has 21 heavy (non-hydrogen) atoms. The number of nitrogens with zero attached hydrogens (tertiary/aromatic N) is 2. The number of hydrogen-bond acceptors (Lipinski definition) is 4. The fourth-order valence-electron chi connectivity index (χ4n) is 2.12. The van der Waals surface area contributed by atoms with Crippen LogP contribution in [0.2, 0.25) is 0 Å². The summed E-state index contributed by atoms with van der Waals surface area (Å²) in [6, 6.07) is 6.72. The molecule has 1 aromatic heterocycles. The largest absolute Gasteiger partial charge is 0.338 e. The lowest BCUT2D eigenvalue weighted by molar-refractivity contribution is 0.563. The summed E-state index contributed by atoms with van der Waals surface area (Å²) in [5, 5.41) is 8.50. The van der Waals surface area contributed by atoms with E-state index in [-0.39, 0.29) is 10.9 Å². The second kappa shape index (κ2) is 6.38. The molecule has 1 aromatic carbocycles. The van der Waals surface area contributed by atoms with E-state index < -0.39 is 10.0 Å². The average Bonchev–Trinajstić information content (AvgIpc) is 2.83. The highest BCUT2D eigenvalue weighted by atomic mass is 32.2. The molecular formula is C14H20N4O2S. The number of aromatic nitrogens is 2. The highest BCUT2D eigenvalue weighted by Crippen LogP contribution is 2.16. The zero-order chi connectivity index (χ0) is 15.5. The molecule has 0 saturated carbocycles. The number of nitrogens with two attached hydrogens (primary N) is 1. The number of nitrogens with one attached hydrogen (secondary N) is 1. The fraction of sp³-hybridized carbons (Fsp3) is 0.357. The van der Waals surface area contributed by atoms with E-state index in [4.69, 9.17) is 5.14 Å². The van der Waals surface area contributed by atoms with Crippen LogP contribution < -0.4 is 10.5 Å². The quantitative estimate of drug-likeness (QED) is 0.831. The molecule has 0 saturated heterocycles. The lowest BCUT2D eigenvalue weighted by atomic mass is 10.1. The smallest absolute Gasteiger partial charge is 0.238 e. The van der Waals surface area contributed by atoms with Gasteiger partial charge in [-0.25, -0.2) is 18.5 Å². The number of hydrogen-bond donors (Lipinski definition) is 2. The maximum absolute atomic E-state index is 11.4. The van der Waals surface area contributed by atoms with Crippen LogP contribution in [0, 0.1) is 0 Å². The molecule has 2 rings (SSSR count). The summed E-state index contributed by atoms with van der Waals surface area (Å²) in [5.74, 6) is 1.01. The summed E-state index contributed by atoms with van der Waals surface area (Å²) < 4.78 is 24.7. The summed E-state index contributed by atoms with van der Waals surface area (Å²) in [5.41, 5.74) is 0.890. The minimum Gasteiger partial charge on any atom is -0.338 e. The molecule has 3 N–H and O–H groups in total. The molecule has 0 bridgehead atoms. The van der Waals surface area contributed by atoms with Crippen molar-refractivity contribution >= 4 is 10.0 Å². The second-order valence-electron chi connectivity index (χ2n) is 5.00. The van der Waals surface area contributed by atoms with Crippen LogP contribution in [0.1, 0.15) is 24.4 Å². The van der Waals surface area contributed by atoms with Crippen LogP contribution >= 0.6 is 0 Å². The summed E-state index contributed by atoms with van der Waals surface area (Å²) in [6.07, 6.45) is 4.49. The van der Waals surface area contributed by atoms with Gasteiger partial charge in [0.25, 0.3) is 0 Å². The minimum atomic E-state index is -3.66. The molecule has 0 fully saturated rings. The SMILES string of the molecule is CC(NCCc1nccn1C)c1cccc(S(N)(=O)=O)c1. The van der Waals surface area contributed by atoms with Gasteiger partial charge in [-0.1, -0.05) is 12.1 Å². The molecule has 0 radical (unpaired) electrons. The van der Waals surface area contributed by atoms with E-state index in [2.05, 4.69) is 10.3 Å². The zero-order valence-electron chi connectivity index (χ0n) is 12.2. The Morgan fingerprint density at radius 1 is 1.43 bits per heavy atom. The first kappa shape index (κ1) is 15.7. The number of benzene rings is 1. The zero-order valence-corrected chi connectivity index (χ0v) is 13.0. The van der Waals surface area contributed by atoms with Crippen LogP contribution in [0.3, 0.4) is 0 Å². The van der Waals surface area contributed by atoms with Crippen molar-refractivity contribution in [2.45, 2.75) is 24.3 Å². The van der Waals surface area contributed by atoms with E-state index in [1.54, 1.807) is 18.3 Å². The minimum absolute atomic E-state index is 0.0342. The van der Waals surface area contributed by atoms with Crippen molar-refractivity contribution in [1.29, 1.82) is 0 Å². The Labute approximate surface area is 125 Å². The maximum atomic E-state index is 11.4. The van der Waals surface area contributed by atoms with Gasteiger partial charge >= 0.3 is 0 Å². The highest BCUT2D eigenvalue weighted by Gasteiger charge is 2.11. The lowest BCUT2D eigenvalue weighted by Gasteiger charge is -2.15. The third-order valence-electron chi connectivity index (χ3n) is 3.41. The van der Waals surface area contributed by atoms with Crippen LogP contribution in [0.4, 0.5) is 0 Å². The summed E-state index contributed by atoms with van der Waals surface area (Å²) in [7, 11) is -1.70. The Morgan fingerprint density at radius 2 is 2.19 bits per heavy atom. The van der Waals surface area contributed by atoms with Crippen molar-refractivity contribution in [3.05, 3.63) is 48.0 Å². The first-order chi connectivity index (χ1) is 9.88. The van der Waals surface area contributed by atoms with Gasteiger partial charge in [-0.2, -0.15) is 0 Å². The first-order valence-electron chi connectivity index (χ1n) is 6.70. The molecule has 114 valence electrons. The number of primary sulfonamides is 1. The van der Waals surface area contributed by atoms with E-state index >= 15 is 0 Å². The molecule has 6 nitrogen and oxygen atoms in total. The van der Waals surface area contributed by atoms with Gasteiger partial charge in [-0.3, -0.25) is 0 Å². The Morgan fingerprint density at radius 3 is 2.81 bits per heavy atom. The monoisotopic (exact) mass is 308 g/mol. The topological polar surface area (TPSA) is 90.0 Å². The van der Waals surface area contributed by atoms with Crippen molar-refractivity contribution < 1.29 is 8.42 Å². The highest BCUT2D eigenvalue weighted by molar-refractivity contribution is 7.89. The Hall–Kier alpha value is -1.70. The molecule has 0 aliphatic rings. The molecule has 0 aliphatic carbocycles. The average molecular weight is 308 g/mol. The van der Waals surface area contributed by atoms with Gasteiger partial charge in [0.1, 0.15) is 5.82 Å². The molecule has 0 spiro atoms. The predicted molar refractivity (Wildman–Crippen MR) is 81.1 cm³/mol.